The van der Waals surface area contributed by atoms with Gasteiger partial charge < -0.3 is 9.64 Å². The van der Waals surface area contributed by atoms with E-state index in [0.717, 1.165) is 0 Å². The van der Waals surface area contributed by atoms with Crippen LogP contribution in [0.15, 0.2) is 12.1 Å². The van der Waals surface area contributed by atoms with E-state index in [9.17, 15) is 14.4 Å². The summed E-state index contributed by atoms with van der Waals surface area (Å²) >= 11 is 0. The largest absolute Gasteiger partial charge is 0.495 e. The van der Waals surface area contributed by atoms with Crippen molar-refractivity contribution in [1.82, 2.24) is 10.2 Å². The summed E-state index contributed by atoms with van der Waals surface area (Å²) in [6, 6.07) is 4.47. The number of carbonyl (C=O) groups excluding carboxylic acids is 3. The lowest BCUT2D eigenvalue weighted by Gasteiger charge is -2.29. The molecule has 2 aliphatic rings. The zero-order chi connectivity index (χ0) is 15.9. The number of nitrogens with zero attached hydrogens (tertiary/aromatic N) is 2. The maximum atomic E-state index is 12.5. The Morgan fingerprint density at radius 3 is 2.77 bits per heavy atom. The molecule has 1 atom stereocenters. The minimum Gasteiger partial charge on any atom is -0.495 e. The summed E-state index contributed by atoms with van der Waals surface area (Å²) in [7, 11) is 1.46. The van der Waals surface area contributed by atoms with Crippen molar-refractivity contribution in [2.24, 2.45) is 0 Å². The third kappa shape index (κ3) is 2.09. The molecule has 3 amide bonds. The van der Waals surface area contributed by atoms with Gasteiger partial charge in [0.2, 0.25) is 11.8 Å². The molecule has 0 spiro atoms. The van der Waals surface area contributed by atoms with Gasteiger partial charge in [-0.05, 0) is 24.1 Å². The minimum atomic E-state index is -0.658. The smallest absolute Gasteiger partial charge is 0.255 e. The van der Waals surface area contributed by atoms with Crippen molar-refractivity contribution in [2.45, 2.75) is 25.4 Å². The predicted molar refractivity (Wildman–Crippen MR) is 73.8 cm³/mol. The maximum Gasteiger partial charge on any atom is 0.255 e. The molecule has 22 heavy (non-hydrogen) atoms. The lowest BCUT2D eigenvalue weighted by atomic mass is 10.0. The highest BCUT2D eigenvalue weighted by atomic mass is 16.5. The third-order valence-corrected chi connectivity index (χ3v) is 3.96. The normalized spacial score (nSPS) is 20.5. The zero-order valence-electron chi connectivity index (χ0n) is 11.9. The molecule has 2 heterocycles. The van der Waals surface area contributed by atoms with E-state index in [-0.39, 0.29) is 30.3 Å². The van der Waals surface area contributed by atoms with E-state index in [4.69, 9.17) is 10.00 Å². The number of piperidine rings is 1. The van der Waals surface area contributed by atoms with Crippen LogP contribution in [0.1, 0.15) is 34.3 Å². The average molecular weight is 299 g/mol. The van der Waals surface area contributed by atoms with E-state index in [1.54, 1.807) is 6.07 Å². The monoisotopic (exact) mass is 299 g/mol. The molecule has 1 fully saturated rings. The van der Waals surface area contributed by atoms with Crippen LogP contribution in [0.4, 0.5) is 0 Å². The first kappa shape index (κ1) is 14.1. The Hall–Kier alpha value is -2.88. The van der Waals surface area contributed by atoms with Gasteiger partial charge in [0.1, 0.15) is 17.9 Å². The molecular weight excluding hydrogens is 286 g/mol. The fraction of sp³-hybridized carbons (Fsp3) is 0.333. The van der Waals surface area contributed by atoms with Gasteiger partial charge in [-0.3, -0.25) is 19.7 Å². The Bertz CT molecular complexity index is 735. The Morgan fingerprint density at radius 1 is 1.36 bits per heavy atom. The number of imide groups is 1. The van der Waals surface area contributed by atoms with Gasteiger partial charge >= 0.3 is 0 Å². The number of carbonyl (C=O) groups is 3. The van der Waals surface area contributed by atoms with Crippen LogP contribution in [-0.2, 0) is 16.1 Å². The van der Waals surface area contributed by atoms with Gasteiger partial charge in [-0.2, -0.15) is 5.26 Å². The summed E-state index contributed by atoms with van der Waals surface area (Å²) in [5, 5.41) is 11.3. The van der Waals surface area contributed by atoms with Gasteiger partial charge in [-0.1, -0.05) is 0 Å². The Morgan fingerprint density at radius 2 is 2.14 bits per heavy atom. The Balaban J connectivity index is 1.93. The SMILES string of the molecule is COc1cc2c(cc1C#N)C(=O)N(C1CCC(=O)NC1=O)C2. The summed E-state index contributed by atoms with van der Waals surface area (Å²) in [4.78, 5) is 37.1. The molecule has 1 aromatic rings. The average Bonchev–Trinajstić information content (AvgIpc) is 2.82. The van der Waals surface area contributed by atoms with E-state index in [1.807, 2.05) is 6.07 Å². The second-order valence-corrected chi connectivity index (χ2v) is 5.22. The van der Waals surface area contributed by atoms with E-state index < -0.39 is 11.9 Å². The van der Waals surface area contributed by atoms with Crippen LogP contribution in [0.2, 0.25) is 0 Å². The number of amides is 3. The summed E-state index contributed by atoms with van der Waals surface area (Å²) in [6.45, 7) is 0.266. The lowest BCUT2D eigenvalue weighted by molar-refractivity contribution is -0.136. The number of fused-ring (bicyclic) bond motifs is 1. The standard InChI is InChI=1S/C15H13N3O4/c1-22-12-5-9-7-18(11-2-3-13(19)17-14(11)20)15(21)10(9)4-8(12)6-16/h4-5,11H,2-3,7H2,1H3,(H,17,19,20). The van der Waals surface area contributed by atoms with Crippen molar-refractivity contribution in [3.05, 3.63) is 28.8 Å². The number of hydrogen-bond donors (Lipinski definition) is 1. The van der Waals surface area contributed by atoms with E-state index in [1.165, 1.54) is 18.1 Å². The Kier molecular flexibility index (Phi) is 3.29. The number of methoxy groups -OCH3 is 1. The number of nitriles is 1. The summed E-state index contributed by atoms with van der Waals surface area (Å²) in [6.07, 6.45) is 0.524. The molecule has 2 aliphatic heterocycles. The quantitative estimate of drug-likeness (QED) is 0.793. The van der Waals surface area contributed by atoms with E-state index >= 15 is 0 Å². The number of ether oxygens (including phenoxy) is 1. The molecule has 1 unspecified atom stereocenters. The number of nitrogens with one attached hydrogen (secondary N) is 1. The highest BCUT2D eigenvalue weighted by Gasteiger charge is 2.39. The third-order valence-electron chi connectivity index (χ3n) is 3.96. The van der Waals surface area contributed by atoms with E-state index in [0.29, 0.717) is 23.3 Å². The molecule has 0 saturated carbocycles. The van der Waals surface area contributed by atoms with Crippen molar-refractivity contribution >= 4 is 17.7 Å². The van der Waals surface area contributed by atoms with Crippen molar-refractivity contribution in [2.75, 3.05) is 7.11 Å². The van der Waals surface area contributed by atoms with Crippen molar-refractivity contribution in [3.63, 3.8) is 0 Å². The highest BCUT2D eigenvalue weighted by molar-refractivity contribution is 6.05. The topological polar surface area (TPSA) is 99.5 Å². The number of benzene rings is 1. The van der Waals surface area contributed by atoms with Crippen LogP contribution in [0.25, 0.3) is 0 Å². The second-order valence-electron chi connectivity index (χ2n) is 5.22. The molecule has 0 bridgehead atoms. The summed E-state index contributed by atoms with van der Waals surface area (Å²) in [5.74, 6) is -0.674. The fourth-order valence-electron chi connectivity index (χ4n) is 2.85. The van der Waals surface area contributed by atoms with Gasteiger partial charge in [0.25, 0.3) is 5.91 Å². The number of rotatable bonds is 2. The van der Waals surface area contributed by atoms with Gasteiger partial charge in [-0.25, -0.2) is 0 Å². The molecule has 1 N–H and O–H groups in total. The minimum absolute atomic E-state index is 0.212. The molecule has 3 rings (SSSR count). The molecule has 0 radical (unpaired) electrons. The van der Waals surface area contributed by atoms with Crippen molar-refractivity contribution < 1.29 is 19.1 Å². The molecule has 0 aliphatic carbocycles. The van der Waals surface area contributed by atoms with Crippen LogP contribution in [0.3, 0.4) is 0 Å². The lowest BCUT2D eigenvalue weighted by Crippen LogP contribution is -2.52. The first-order valence-electron chi connectivity index (χ1n) is 6.81. The molecule has 1 aromatic carbocycles. The van der Waals surface area contributed by atoms with Crippen molar-refractivity contribution in [1.29, 1.82) is 5.26 Å². The second kappa shape index (κ2) is 5.15. The van der Waals surface area contributed by atoms with Gasteiger partial charge in [0, 0.05) is 18.5 Å². The van der Waals surface area contributed by atoms with Crippen LogP contribution in [0.5, 0.6) is 5.75 Å². The maximum absolute atomic E-state index is 12.5. The molecule has 7 nitrogen and oxygen atoms in total. The first-order valence-corrected chi connectivity index (χ1v) is 6.81. The first-order chi connectivity index (χ1) is 10.5. The molecule has 7 heteroatoms. The molecule has 1 saturated heterocycles. The van der Waals surface area contributed by atoms with Crippen LogP contribution < -0.4 is 10.1 Å². The summed E-state index contributed by atoms with van der Waals surface area (Å²) < 4.78 is 5.14. The van der Waals surface area contributed by atoms with Crippen LogP contribution in [-0.4, -0.2) is 35.8 Å². The van der Waals surface area contributed by atoms with Crippen LogP contribution in [0, 0.1) is 11.3 Å². The van der Waals surface area contributed by atoms with Gasteiger partial charge in [0.15, 0.2) is 0 Å². The highest BCUT2D eigenvalue weighted by Crippen LogP contribution is 2.32. The zero-order valence-corrected chi connectivity index (χ0v) is 11.9. The van der Waals surface area contributed by atoms with Gasteiger partial charge in [-0.15, -0.1) is 0 Å². The van der Waals surface area contributed by atoms with Gasteiger partial charge in [0.05, 0.1) is 12.7 Å². The Labute approximate surface area is 126 Å². The predicted octanol–water partition coefficient (Wildman–Crippen LogP) is 0.328. The van der Waals surface area contributed by atoms with Crippen LogP contribution >= 0.6 is 0 Å². The molecule has 0 aromatic heterocycles. The fourth-order valence-corrected chi connectivity index (χ4v) is 2.85. The summed E-state index contributed by atoms with van der Waals surface area (Å²) in [5.41, 5.74) is 1.40. The molecular formula is C15H13N3O4. The molecule has 112 valence electrons. The number of hydrogen-bond acceptors (Lipinski definition) is 5. The van der Waals surface area contributed by atoms with Crippen molar-refractivity contribution in [3.8, 4) is 11.8 Å². The van der Waals surface area contributed by atoms with E-state index in [2.05, 4.69) is 5.32 Å².